The van der Waals surface area contributed by atoms with Crippen LogP contribution in [0.3, 0.4) is 0 Å². The van der Waals surface area contributed by atoms with Gasteiger partial charge in [0, 0.05) is 5.69 Å². The molecule has 1 fully saturated rings. The smallest absolute Gasteiger partial charge is 0.265 e. The number of furan rings is 1. The SMILES string of the molecule is Cc1ccc(C[C@H]2S/C(=C(/C#N)C(=O)NCc3ccco3)N(c3ccccc3)C2=O)cc1. The number of thioether (sulfide) groups is 1. The van der Waals surface area contributed by atoms with Gasteiger partial charge in [0.1, 0.15) is 22.4 Å². The molecule has 0 spiro atoms. The third-order valence-corrected chi connectivity index (χ3v) is 6.33. The number of nitrogens with zero attached hydrogens (tertiary/aromatic N) is 2. The largest absolute Gasteiger partial charge is 0.467 e. The zero-order chi connectivity index (χ0) is 22.5. The fraction of sp³-hybridized carbons (Fsp3) is 0.160. The first-order valence-electron chi connectivity index (χ1n) is 10.1. The van der Waals surface area contributed by atoms with Crippen LogP contribution >= 0.6 is 11.8 Å². The van der Waals surface area contributed by atoms with Gasteiger partial charge < -0.3 is 9.73 Å². The van der Waals surface area contributed by atoms with E-state index in [-0.39, 0.29) is 18.0 Å². The Balaban J connectivity index is 1.66. The van der Waals surface area contributed by atoms with Crippen molar-refractivity contribution in [1.29, 1.82) is 5.26 Å². The second-order valence-electron chi connectivity index (χ2n) is 7.36. The van der Waals surface area contributed by atoms with Gasteiger partial charge in [-0.2, -0.15) is 5.26 Å². The van der Waals surface area contributed by atoms with Crippen LogP contribution < -0.4 is 10.2 Å². The summed E-state index contributed by atoms with van der Waals surface area (Å²) in [5.41, 5.74) is 2.70. The predicted molar refractivity (Wildman–Crippen MR) is 123 cm³/mol. The summed E-state index contributed by atoms with van der Waals surface area (Å²) in [6.45, 7) is 2.17. The van der Waals surface area contributed by atoms with E-state index in [9.17, 15) is 14.9 Å². The highest BCUT2D eigenvalue weighted by atomic mass is 32.2. The molecular weight excluding hydrogens is 422 g/mol. The molecule has 0 radical (unpaired) electrons. The van der Waals surface area contributed by atoms with Crippen LogP contribution in [0.15, 0.2) is 88.0 Å². The van der Waals surface area contributed by atoms with Gasteiger partial charge in [-0.3, -0.25) is 14.5 Å². The van der Waals surface area contributed by atoms with Crippen molar-refractivity contribution in [3.8, 4) is 6.07 Å². The molecule has 1 aliphatic heterocycles. The monoisotopic (exact) mass is 443 g/mol. The van der Waals surface area contributed by atoms with Crippen molar-refractivity contribution < 1.29 is 14.0 Å². The van der Waals surface area contributed by atoms with Crippen molar-refractivity contribution in [2.24, 2.45) is 0 Å². The van der Waals surface area contributed by atoms with Crippen LogP contribution in [0, 0.1) is 18.3 Å². The lowest BCUT2D eigenvalue weighted by atomic mass is 10.1. The number of carbonyl (C=O) groups excluding carboxylic acids is 2. The Hall–Kier alpha value is -3.76. The van der Waals surface area contributed by atoms with Crippen molar-refractivity contribution in [2.45, 2.75) is 25.1 Å². The highest BCUT2D eigenvalue weighted by Crippen LogP contribution is 2.41. The normalized spacial score (nSPS) is 17.2. The van der Waals surface area contributed by atoms with E-state index in [2.05, 4.69) is 5.32 Å². The Morgan fingerprint density at radius 2 is 1.88 bits per heavy atom. The molecule has 2 heterocycles. The van der Waals surface area contributed by atoms with E-state index >= 15 is 0 Å². The van der Waals surface area contributed by atoms with Gasteiger partial charge in [-0.25, -0.2) is 0 Å². The molecule has 1 saturated heterocycles. The molecule has 6 nitrogen and oxygen atoms in total. The minimum absolute atomic E-state index is 0.0924. The van der Waals surface area contributed by atoms with Crippen LogP contribution in [-0.4, -0.2) is 17.1 Å². The van der Waals surface area contributed by atoms with Crippen molar-refractivity contribution in [3.63, 3.8) is 0 Å². The summed E-state index contributed by atoms with van der Waals surface area (Å²) in [6.07, 6.45) is 2.02. The molecule has 7 heteroatoms. The lowest BCUT2D eigenvalue weighted by molar-refractivity contribution is -0.117. The highest BCUT2D eigenvalue weighted by molar-refractivity contribution is 8.05. The van der Waals surface area contributed by atoms with Crippen LogP contribution in [0.4, 0.5) is 5.69 Å². The van der Waals surface area contributed by atoms with E-state index < -0.39 is 11.2 Å². The second-order valence-corrected chi connectivity index (χ2v) is 8.55. The lowest BCUT2D eigenvalue weighted by Crippen LogP contribution is -2.32. The predicted octanol–water partition coefficient (Wildman–Crippen LogP) is 4.33. The summed E-state index contributed by atoms with van der Waals surface area (Å²) >= 11 is 1.25. The number of benzene rings is 2. The fourth-order valence-electron chi connectivity index (χ4n) is 3.41. The van der Waals surface area contributed by atoms with Crippen molar-refractivity contribution in [1.82, 2.24) is 5.32 Å². The Labute approximate surface area is 190 Å². The van der Waals surface area contributed by atoms with Crippen molar-refractivity contribution >= 4 is 29.3 Å². The van der Waals surface area contributed by atoms with Gasteiger partial charge in [0.05, 0.1) is 18.1 Å². The first-order valence-corrected chi connectivity index (χ1v) is 11.0. The first-order chi connectivity index (χ1) is 15.6. The molecule has 2 amide bonds. The Morgan fingerprint density at radius 3 is 2.53 bits per heavy atom. The van der Waals surface area contributed by atoms with E-state index in [4.69, 9.17) is 4.42 Å². The maximum atomic E-state index is 13.4. The number of rotatable bonds is 6. The molecule has 0 saturated carbocycles. The lowest BCUT2D eigenvalue weighted by Gasteiger charge is -2.18. The second kappa shape index (κ2) is 9.58. The van der Waals surface area contributed by atoms with E-state index in [0.29, 0.717) is 22.9 Å². The van der Waals surface area contributed by atoms with Gasteiger partial charge in [0.2, 0.25) is 5.91 Å². The number of para-hydroxylation sites is 1. The summed E-state index contributed by atoms with van der Waals surface area (Å²) in [5.74, 6) is -0.118. The average Bonchev–Trinajstić information content (AvgIpc) is 3.43. The van der Waals surface area contributed by atoms with E-state index in [1.165, 1.54) is 22.9 Å². The minimum Gasteiger partial charge on any atom is -0.467 e. The van der Waals surface area contributed by atoms with Gasteiger partial charge in [-0.1, -0.05) is 59.8 Å². The molecule has 0 bridgehead atoms. The molecule has 160 valence electrons. The van der Waals surface area contributed by atoms with Crippen LogP contribution in [0.2, 0.25) is 0 Å². The maximum Gasteiger partial charge on any atom is 0.265 e. The maximum absolute atomic E-state index is 13.4. The minimum atomic E-state index is -0.545. The number of aryl methyl sites for hydroxylation is 1. The average molecular weight is 444 g/mol. The molecule has 1 aromatic heterocycles. The molecule has 0 unspecified atom stereocenters. The fourth-order valence-corrected chi connectivity index (χ4v) is 4.71. The van der Waals surface area contributed by atoms with Crippen LogP contribution in [-0.2, 0) is 22.6 Å². The number of hydrogen-bond acceptors (Lipinski definition) is 5. The Kier molecular flexibility index (Phi) is 6.43. The number of carbonyl (C=O) groups is 2. The van der Waals surface area contributed by atoms with Crippen LogP contribution in [0.1, 0.15) is 16.9 Å². The molecule has 1 atom stereocenters. The van der Waals surface area contributed by atoms with E-state index in [1.807, 2.05) is 55.5 Å². The number of hydrogen-bond donors (Lipinski definition) is 1. The van der Waals surface area contributed by atoms with Gasteiger partial charge in [0.25, 0.3) is 5.91 Å². The van der Waals surface area contributed by atoms with Gasteiger partial charge in [-0.15, -0.1) is 0 Å². The van der Waals surface area contributed by atoms with Gasteiger partial charge in [-0.05, 0) is 43.2 Å². The van der Waals surface area contributed by atoms with Crippen LogP contribution in [0.5, 0.6) is 0 Å². The first kappa shape index (κ1) is 21.5. The van der Waals surface area contributed by atoms with Crippen LogP contribution in [0.25, 0.3) is 0 Å². The van der Waals surface area contributed by atoms with E-state index in [0.717, 1.165) is 11.1 Å². The standard InChI is InChI=1S/C25H21N3O3S/c1-17-9-11-18(12-10-17)14-22-24(30)28(19-6-3-2-4-7-19)25(32-22)21(15-26)23(29)27-16-20-8-5-13-31-20/h2-13,22H,14,16H2,1H3,(H,27,29)/b25-21-/t22-/m1/s1. The summed E-state index contributed by atoms with van der Waals surface area (Å²) in [4.78, 5) is 27.7. The summed E-state index contributed by atoms with van der Waals surface area (Å²) in [6, 6.07) is 22.6. The topological polar surface area (TPSA) is 86.3 Å². The van der Waals surface area contributed by atoms with Gasteiger partial charge in [0.15, 0.2) is 0 Å². The zero-order valence-electron chi connectivity index (χ0n) is 17.4. The number of anilines is 1. The highest BCUT2D eigenvalue weighted by Gasteiger charge is 2.40. The third kappa shape index (κ3) is 4.61. The number of amides is 2. The molecule has 0 aliphatic carbocycles. The Bertz CT molecular complexity index is 1180. The third-order valence-electron chi connectivity index (χ3n) is 5.06. The summed E-state index contributed by atoms with van der Waals surface area (Å²) < 4.78 is 5.24. The molecule has 2 aromatic carbocycles. The molecule has 1 N–H and O–H groups in total. The van der Waals surface area contributed by atoms with Gasteiger partial charge >= 0.3 is 0 Å². The Morgan fingerprint density at radius 1 is 1.12 bits per heavy atom. The quantitative estimate of drug-likeness (QED) is 0.453. The number of nitrogens with one attached hydrogen (secondary N) is 1. The molecule has 32 heavy (non-hydrogen) atoms. The zero-order valence-corrected chi connectivity index (χ0v) is 18.3. The van der Waals surface area contributed by atoms with E-state index in [1.54, 1.807) is 24.3 Å². The molecule has 3 aromatic rings. The molecular formula is C25H21N3O3S. The summed E-state index contributed by atoms with van der Waals surface area (Å²) in [5, 5.41) is 12.4. The molecule has 1 aliphatic rings. The summed E-state index contributed by atoms with van der Waals surface area (Å²) in [7, 11) is 0. The van der Waals surface area contributed by atoms with Crippen molar-refractivity contribution in [3.05, 3.63) is 100 Å². The molecule has 4 rings (SSSR count). The number of nitriles is 1. The van der Waals surface area contributed by atoms with Crippen molar-refractivity contribution in [2.75, 3.05) is 4.90 Å².